The first-order chi connectivity index (χ1) is 15.6. The molecule has 0 aliphatic rings. The van der Waals surface area contributed by atoms with Crippen LogP contribution in [-0.4, -0.2) is 24.6 Å². The standard InChI is InChI=1S/C28H54O4/c1-4-7-8-9-10-11-12-13-14-15-16-17-18-19-20-25-31-27(29)23-21-24-28(30)32-26(6-3)22-5-2/h26H,4-25H2,1-3H3. The Labute approximate surface area is 199 Å². The van der Waals surface area contributed by atoms with E-state index in [1.165, 1.54) is 83.5 Å². The Morgan fingerprint density at radius 3 is 1.50 bits per heavy atom. The van der Waals surface area contributed by atoms with Crippen LogP contribution in [0.1, 0.15) is 156 Å². The molecule has 0 heterocycles. The second kappa shape index (κ2) is 24.6. The van der Waals surface area contributed by atoms with E-state index in [-0.39, 0.29) is 18.0 Å². The lowest BCUT2D eigenvalue weighted by molar-refractivity contribution is -0.150. The topological polar surface area (TPSA) is 52.6 Å². The van der Waals surface area contributed by atoms with E-state index in [9.17, 15) is 9.59 Å². The van der Waals surface area contributed by atoms with Gasteiger partial charge in [0.25, 0.3) is 0 Å². The van der Waals surface area contributed by atoms with Crippen molar-refractivity contribution in [3.8, 4) is 0 Å². The molecule has 0 saturated heterocycles. The molecule has 0 bridgehead atoms. The number of esters is 2. The van der Waals surface area contributed by atoms with Crippen molar-refractivity contribution >= 4 is 11.9 Å². The number of carbonyl (C=O) groups excluding carboxylic acids is 2. The highest BCUT2D eigenvalue weighted by Gasteiger charge is 2.12. The van der Waals surface area contributed by atoms with Gasteiger partial charge in [0.15, 0.2) is 0 Å². The first kappa shape index (κ1) is 30.9. The van der Waals surface area contributed by atoms with Gasteiger partial charge in [0.05, 0.1) is 6.61 Å². The second-order valence-electron chi connectivity index (χ2n) is 9.33. The van der Waals surface area contributed by atoms with Crippen LogP contribution in [0.5, 0.6) is 0 Å². The van der Waals surface area contributed by atoms with Gasteiger partial charge in [-0.2, -0.15) is 0 Å². The lowest BCUT2D eigenvalue weighted by atomic mass is 10.0. The summed E-state index contributed by atoms with van der Waals surface area (Å²) in [6.45, 7) is 6.90. The van der Waals surface area contributed by atoms with E-state index in [1.54, 1.807) is 0 Å². The fourth-order valence-corrected chi connectivity index (χ4v) is 4.02. The fourth-order valence-electron chi connectivity index (χ4n) is 4.02. The molecule has 0 aromatic carbocycles. The van der Waals surface area contributed by atoms with Crippen LogP contribution in [0.3, 0.4) is 0 Å². The van der Waals surface area contributed by atoms with Crippen LogP contribution in [0.25, 0.3) is 0 Å². The number of rotatable bonds is 24. The third-order valence-electron chi connectivity index (χ3n) is 6.14. The Morgan fingerprint density at radius 1 is 0.562 bits per heavy atom. The maximum absolute atomic E-state index is 11.8. The van der Waals surface area contributed by atoms with E-state index in [1.807, 2.05) is 6.92 Å². The van der Waals surface area contributed by atoms with Crippen LogP contribution in [0, 0.1) is 0 Å². The number of ether oxygens (including phenoxy) is 2. The van der Waals surface area contributed by atoms with Crippen LogP contribution in [0.15, 0.2) is 0 Å². The predicted octanol–water partition coefficient (Wildman–Crippen LogP) is 8.69. The molecular weight excluding hydrogens is 400 g/mol. The van der Waals surface area contributed by atoms with E-state index in [0.717, 1.165) is 32.1 Å². The molecule has 0 aliphatic heterocycles. The molecule has 0 fully saturated rings. The second-order valence-corrected chi connectivity index (χ2v) is 9.33. The molecule has 0 N–H and O–H groups in total. The molecular formula is C28H54O4. The normalized spacial score (nSPS) is 12.0. The van der Waals surface area contributed by atoms with Gasteiger partial charge in [0, 0.05) is 12.8 Å². The molecule has 0 radical (unpaired) electrons. The summed E-state index contributed by atoms with van der Waals surface area (Å²) < 4.78 is 10.7. The van der Waals surface area contributed by atoms with Gasteiger partial charge in [-0.1, -0.05) is 117 Å². The Hall–Kier alpha value is -1.06. The molecule has 0 spiro atoms. The van der Waals surface area contributed by atoms with Gasteiger partial charge >= 0.3 is 11.9 Å². The highest BCUT2D eigenvalue weighted by molar-refractivity contribution is 5.72. The van der Waals surface area contributed by atoms with E-state index in [0.29, 0.717) is 25.9 Å². The summed E-state index contributed by atoms with van der Waals surface area (Å²) in [6, 6.07) is 0. The zero-order chi connectivity index (χ0) is 23.7. The van der Waals surface area contributed by atoms with Crippen molar-refractivity contribution in [1.82, 2.24) is 0 Å². The molecule has 1 atom stereocenters. The third kappa shape index (κ3) is 22.1. The summed E-state index contributed by atoms with van der Waals surface area (Å²) >= 11 is 0. The van der Waals surface area contributed by atoms with Crippen LogP contribution in [0.4, 0.5) is 0 Å². The average molecular weight is 455 g/mol. The number of hydrogen-bond donors (Lipinski definition) is 0. The van der Waals surface area contributed by atoms with Crippen LogP contribution >= 0.6 is 0 Å². The lowest BCUT2D eigenvalue weighted by Gasteiger charge is -2.15. The van der Waals surface area contributed by atoms with E-state index in [2.05, 4.69) is 13.8 Å². The summed E-state index contributed by atoms with van der Waals surface area (Å²) in [5.41, 5.74) is 0. The van der Waals surface area contributed by atoms with E-state index in [4.69, 9.17) is 9.47 Å². The van der Waals surface area contributed by atoms with Crippen molar-refractivity contribution in [2.45, 2.75) is 162 Å². The molecule has 0 aromatic heterocycles. The number of unbranched alkanes of at least 4 members (excludes halogenated alkanes) is 14. The predicted molar refractivity (Wildman–Crippen MR) is 135 cm³/mol. The summed E-state index contributed by atoms with van der Waals surface area (Å²) in [7, 11) is 0. The molecule has 1 unspecified atom stereocenters. The Balaban J connectivity index is 3.33. The van der Waals surface area contributed by atoms with Gasteiger partial charge in [-0.05, 0) is 25.7 Å². The SMILES string of the molecule is CCCCCCCCCCCCCCCCCOC(=O)CCCC(=O)OC(CC)CCC. The Morgan fingerprint density at radius 2 is 1.03 bits per heavy atom. The van der Waals surface area contributed by atoms with Crippen LogP contribution in [0.2, 0.25) is 0 Å². The minimum absolute atomic E-state index is 0.0181. The van der Waals surface area contributed by atoms with Crippen LogP contribution < -0.4 is 0 Å². The van der Waals surface area contributed by atoms with Gasteiger partial charge in [-0.25, -0.2) is 0 Å². The third-order valence-corrected chi connectivity index (χ3v) is 6.14. The molecule has 190 valence electrons. The van der Waals surface area contributed by atoms with Crippen molar-refractivity contribution in [1.29, 1.82) is 0 Å². The largest absolute Gasteiger partial charge is 0.466 e. The van der Waals surface area contributed by atoms with Crippen molar-refractivity contribution in [2.24, 2.45) is 0 Å². The maximum atomic E-state index is 11.8. The van der Waals surface area contributed by atoms with E-state index < -0.39 is 0 Å². The van der Waals surface area contributed by atoms with Gasteiger partial charge < -0.3 is 9.47 Å². The summed E-state index contributed by atoms with van der Waals surface area (Å²) in [5, 5.41) is 0. The van der Waals surface area contributed by atoms with Gasteiger partial charge in [0.2, 0.25) is 0 Å². The van der Waals surface area contributed by atoms with Gasteiger partial charge in [0.1, 0.15) is 6.10 Å². The molecule has 4 heteroatoms. The zero-order valence-electron chi connectivity index (χ0n) is 21.8. The summed E-state index contributed by atoms with van der Waals surface area (Å²) in [4.78, 5) is 23.6. The summed E-state index contributed by atoms with van der Waals surface area (Å²) in [6.07, 6.45) is 23.8. The first-order valence-corrected chi connectivity index (χ1v) is 14.0. The Kier molecular flexibility index (Phi) is 23.8. The van der Waals surface area contributed by atoms with E-state index >= 15 is 0 Å². The minimum Gasteiger partial charge on any atom is -0.466 e. The minimum atomic E-state index is -0.194. The number of hydrogen-bond acceptors (Lipinski definition) is 4. The fraction of sp³-hybridized carbons (Fsp3) is 0.929. The van der Waals surface area contributed by atoms with Crippen LogP contribution in [-0.2, 0) is 19.1 Å². The lowest BCUT2D eigenvalue weighted by Crippen LogP contribution is -2.17. The van der Waals surface area contributed by atoms with Crippen molar-refractivity contribution in [3.05, 3.63) is 0 Å². The van der Waals surface area contributed by atoms with Gasteiger partial charge in [-0.15, -0.1) is 0 Å². The molecule has 0 aliphatic carbocycles. The zero-order valence-corrected chi connectivity index (χ0v) is 21.8. The Bertz CT molecular complexity index is 422. The summed E-state index contributed by atoms with van der Waals surface area (Å²) in [5.74, 6) is -0.385. The molecule has 0 aromatic rings. The molecule has 0 rings (SSSR count). The van der Waals surface area contributed by atoms with Crippen molar-refractivity contribution < 1.29 is 19.1 Å². The quantitative estimate of drug-likeness (QED) is 0.108. The smallest absolute Gasteiger partial charge is 0.306 e. The van der Waals surface area contributed by atoms with Gasteiger partial charge in [-0.3, -0.25) is 9.59 Å². The molecule has 32 heavy (non-hydrogen) atoms. The van der Waals surface area contributed by atoms with Crippen molar-refractivity contribution in [3.63, 3.8) is 0 Å². The molecule has 4 nitrogen and oxygen atoms in total. The highest BCUT2D eigenvalue weighted by atomic mass is 16.5. The monoisotopic (exact) mass is 454 g/mol. The highest BCUT2D eigenvalue weighted by Crippen LogP contribution is 2.13. The molecule has 0 amide bonds. The maximum Gasteiger partial charge on any atom is 0.306 e. The average Bonchev–Trinajstić information content (AvgIpc) is 2.78. The molecule has 0 saturated carbocycles. The number of carbonyl (C=O) groups is 2. The van der Waals surface area contributed by atoms with Crippen molar-refractivity contribution in [2.75, 3.05) is 6.61 Å². The first-order valence-electron chi connectivity index (χ1n) is 14.0.